The van der Waals surface area contributed by atoms with Gasteiger partial charge in [-0.3, -0.25) is 0 Å². The van der Waals surface area contributed by atoms with Crippen molar-refractivity contribution in [1.29, 1.82) is 0 Å². The SMILES string of the molecule is C=Cc1ccc(-c2ccc(OCc3ccc(-c4ccc(OCC)cc4F)cc3)c(F)c2F)cc1. The molecule has 0 N–H and O–H groups in total. The van der Waals surface area contributed by atoms with Crippen LogP contribution < -0.4 is 9.47 Å². The van der Waals surface area contributed by atoms with E-state index in [9.17, 15) is 13.2 Å². The Balaban J connectivity index is 1.46. The van der Waals surface area contributed by atoms with Gasteiger partial charge >= 0.3 is 0 Å². The molecule has 0 aromatic heterocycles. The predicted molar refractivity (Wildman–Crippen MR) is 129 cm³/mol. The summed E-state index contributed by atoms with van der Waals surface area (Å²) in [5.41, 5.74) is 3.47. The van der Waals surface area contributed by atoms with E-state index in [1.54, 1.807) is 66.7 Å². The summed E-state index contributed by atoms with van der Waals surface area (Å²) in [6, 6.07) is 21.7. The Labute approximate surface area is 196 Å². The van der Waals surface area contributed by atoms with Crippen molar-refractivity contribution in [2.45, 2.75) is 13.5 Å². The second kappa shape index (κ2) is 10.3. The van der Waals surface area contributed by atoms with Crippen molar-refractivity contribution in [3.8, 4) is 33.8 Å². The maximum Gasteiger partial charge on any atom is 0.201 e. The molecule has 0 fully saturated rings. The Kier molecular flexibility index (Phi) is 7.02. The van der Waals surface area contributed by atoms with Crippen LogP contribution in [0.5, 0.6) is 11.5 Å². The molecule has 172 valence electrons. The molecule has 2 nitrogen and oxygen atoms in total. The molecular formula is C29H23F3O2. The van der Waals surface area contributed by atoms with E-state index in [0.717, 1.165) is 11.1 Å². The summed E-state index contributed by atoms with van der Waals surface area (Å²) in [7, 11) is 0. The van der Waals surface area contributed by atoms with Crippen LogP contribution >= 0.6 is 0 Å². The summed E-state index contributed by atoms with van der Waals surface area (Å²) in [5, 5.41) is 0. The van der Waals surface area contributed by atoms with Crippen LogP contribution in [0.2, 0.25) is 0 Å². The Morgan fingerprint density at radius 2 is 1.38 bits per heavy atom. The lowest BCUT2D eigenvalue weighted by Crippen LogP contribution is -2.00. The van der Waals surface area contributed by atoms with Gasteiger partial charge in [-0.15, -0.1) is 0 Å². The van der Waals surface area contributed by atoms with Gasteiger partial charge in [-0.1, -0.05) is 61.2 Å². The fraction of sp³-hybridized carbons (Fsp3) is 0.103. The largest absolute Gasteiger partial charge is 0.494 e. The van der Waals surface area contributed by atoms with Crippen LogP contribution in [0.3, 0.4) is 0 Å². The highest BCUT2D eigenvalue weighted by Gasteiger charge is 2.16. The van der Waals surface area contributed by atoms with Gasteiger partial charge in [-0.25, -0.2) is 8.78 Å². The number of halogens is 3. The molecular weight excluding hydrogens is 437 g/mol. The Bertz CT molecular complexity index is 1300. The van der Waals surface area contributed by atoms with Crippen molar-refractivity contribution in [3.05, 3.63) is 114 Å². The van der Waals surface area contributed by atoms with Gasteiger partial charge in [0.1, 0.15) is 18.2 Å². The molecule has 0 unspecified atom stereocenters. The number of benzene rings is 4. The summed E-state index contributed by atoms with van der Waals surface area (Å²) in [6.07, 6.45) is 1.68. The van der Waals surface area contributed by atoms with Gasteiger partial charge in [-0.2, -0.15) is 4.39 Å². The molecule has 0 radical (unpaired) electrons. The average molecular weight is 460 g/mol. The second-order valence-corrected chi connectivity index (χ2v) is 7.63. The molecule has 0 amide bonds. The number of ether oxygens (including phenoxy) is 2. The maximum atomic E-state index is 14.7. The Hall–Kier alpha value is -3.99. The molecule has 34 heavy (non-hydrogen) atoms. The number of rotatable bonds is 8. The van der Waals surface area contributed by atoms with Crippen molar-refractivity contribution in [2.75, 3.05) is 6.61 Å². The molecule has 0 atom stereocenters. The molecule has 4 aromatic rings. The monoisotopic (exact) mass is 460 g/mol. The minimum absolute atomic E-state index is 0.0375. The summed E-state index contributed by atoms with van der Waals surface area (Å²) in [5.74, 6) is -2.09. The molecule has 5 heteroatoms. The molecule has 0 spiro atoms. The van der Waals surface area contributed by atoms with Crippen LogP contribution in [0.4, 0.5) is 13.2 Å². The van der Waals surface area contributed by atoms with Crippen LogP contribution in [0.15, 0.2) is 85.4 Å². The van der Waals surface area contributed by atoms with Crippen LogP contribution in [0.25, 0.3) is 28.3 Å². The van der Waals surface area contributed by atoms with E-state index in [4.69, 9.17) is 9.47 Å². The van der Waals surface area contributed by atoms with E-state index in [1.807, 2.05) is 6.92 Å². The summed E-state index contributed by atoms with van der Waals surface area (Å²) in [4.78, 5) is 0. The summed E-state index contributed by atoms with van der Waals surface area (Å²) in [6.45, 7) is 6.02. The van der Waals surface area contributed by atoms with Crippen molar-refractivity contribution in [2.24, 2.45) is 0 Å². The van der Waals surface area contributed by atoms with Gasteiger partial charge in [0, 0.05) is 17.2 Å². The van der Waals surface area contributed by atoms with Crippen LogP contribution in [0.1, 0.15) is 18.1 Å². The van der Waals surface area contributed by atoms with E-state index in [0.29, 0.717) is 29.0 Å². The number of hydrogen-bond acceptors (Lipinski definition) is 2. The van der Waals surface area contributed by atoms with E-state index >= 15 is 0 Å². The first-order chi connectivity index (χ1) is 16.5. The summed E-state index contributed by atoms with van der Waals surface area (Å²) >= 11 is 0. The van der Waals surface area contributed by atoms with Gasteiger partial charge in [-0.05, 0) is 53.4 Å². The average Bonchev–Trinajstić information content (AvgIpc) is 2.86. The standard InChI is InChI=1S/C29H23F3O2/c1-3-19-5-9-22(10-6-19)25-15-16-27(29(32)28(25)31)34-18-20-7-11-21(12-8-20)24-14-13-23(33-4-2)17-26(24)30/h3,5-17H,1,4,18H2,2H3. The van der Waals surface area contributed by atoms with Gasteiger partial charge in [0.25, 0.3) is 0 Å². The third-order valence-electron chi connectivity index (χ3n) is 5.42. The first kappa shape index (κ1) is 23.2. The minimum atomic E-state index is -1.04. The minimum Gasteiger partial charge on any atom is -0.494 e. The smallest absolute Gasteiger partial charge is 0.201 e. The van der Waals surface area contributed by atoms with Crippen LogP contribution in [0, 0.1) is 17.5 Å². The third-order valence-corrected chi connectivity index (χ3v) is 5.42. The summed E-state index contributed by atoms with van der Waals surface area (Å²) < 4.78 is 54.6. The molecule has 0 aliphatic carbocycles. The maximum absolute atomic E-state index is 14.7. The number of hydrogen-bond donors (Lipinski definition) is 0. The molecule has 0 bridgehead atoms. The van der Waals surface area contributed by atoms with Crippen molar-refractivity contribution < 1.29 is 22.6 Å². The topological polar surface area (TPSA) is 18.5 Å². The van der Waals surface area contributed by atoms with Gasteiger partial charge in [0.05, 0.1) is 6.61 Å². The van der Waals surface area contributed by atoms with Gasteiger partial charge < -0.3 is 9.47 Å². The van der Waals surface area contributed by atoms with Crippen LogP contribution in [-0.4, -0.2) is 6.61 Å². The highest BCUT2D eigenvalue weighted by molar-refractivity contribution is 5.67. The van der Waals surface area contributed by atoms with Gasteiger partial charge in [0.15, 0.2) is 11.6 Å². The van der Waals surface area contributed by atoms with Gasteiger partial charge in [0.2, 0.25) is 5.82 Å². The van der Waals surface area contributed by atoms with E-state index in [1.165, 1.54) is 18.2 Å². The second-order valence-electron chi connectivity index (χ2n) is 7.63. The third kappa shape index (κ3) is 4.99. The first-order valence-electron chi connectivity index (χ1n) is 10.9. The predicted octanol–water partition coefficient (Wildman–Crippen LogP) is 8.06. The fourth-order valence-electron chi connectivity index (χ4n) is 3.59. The van der Waals surface area contributed by atoms with E-state index in [-0.39, 0.29) is 23.7 Å². The van der Waals surface area contributed by atoms with Crippen molar-refractivity contribution in [1.82, 2.24) is 0 Å². The molecule has 4 aromatic carbocycles. The molecule has 0 aliphatic heterocycles. The lowest BCUT2D eigenvalue weighted by atomic mass is 10.0. The molecule has 4 rings (SSSR count). The van der Waals surface area contributed by atoms with Crippen molar-refractivity contribution in [3.63, 3.8) is 0 Å². The lowest BCUT2D eigenvalue weighted by molar-refractivity contribution is 0.285. The Morgan fingerprint density at radius 3 is 2.03 bits per heavy atom. The fourth-order valence-corrected chi connectivity index (χ4v) is 3.59. The quantitative estimate of drug-likeness (QED) is 0.265. The molecule has 0 aliphatic rings. The van der Waals surface area contributed by atoms with Crippen molar-refractivity contribution >= 4 is 6.08 Å². The van der Waals surface area contributed by atoms with E-state index < -0.39 is 11.6 Å². The molecule has 0 heterocycles. The lowest BCUT2D eigenvalue weighted by Gasteiger charge is -2.12. The zero-order valence-corrected chi connectivity index (χ0v) is 18.7. The highest BCUT2D eigenvalue weighted by Crippen LogP contribution is 2.31. The zero-order chi connectivity index (χ0) is 24.1. The molecule has 0 saturated carbocycles. The zero-order valence-electron chi connectivity index (χ0n) is 18.7. The van der Waals surface area contributed by atoms with E-state index in [2.05, 4.69) is 6.58 Å². The molecule has 0 saturated heterocycles. The normalized spacial score (nSPS) is 10.7. The highest BCUT2D eigenvalue weighted by atomic mass is 19.2. The van der Waals surface area contributed by atoms with Crippen LogP contribution in [-0.2, 0) is 6.61 Å². The first-order valence-corrected chi connectivity index (χ1v) is 10.9. The Morgan fingerprint density at radius 1 is 0.735 bits per heavy atom.